The molecule has 2 aromatic carbocycles. The number of sulfone groups is 1. The fraction of sp³-hybridized carbons (Fsp3) is 0.440. The Kier molecular flexibility index (Phi) is 8.05. The highest BCUT2D eigenvalue weighted by Crippen LogP contribution is 2.31. The van der Waals surface area contributed by atoms with Crippen LogP contribution in [0.5, 0.6) is 5.75 Å². The second-order valence-corrected chi connectivity index (χ2v) is 11.7. The Hall–Kier alpha value is -2.53. The van der Waals surface area contributed by atoms with Gasteiger partial charge in [0.1, 0.15) is 11.5 Å². The van der Waals surface area contributed by atoms with Gasteiger partial charge in [0.2, 0.25) is 5.91 Å². The highest BCUT2D eigenvalue weighted by atomic mass is 32.2. The molecule has 1 fully saturated rings. The van der Waals surface area contributed by atoms with E-state index < -0.39 is 21.5 Å². The summed E-state index contributed by atoms with van der Waals surface area (Å²) in [6.45, 7) is 8.41. The highest BCUT2D eigenvalue weighted by molar-refractivity contribution is 7.92. The zero-order chi connectivity index (χ0) is 25.0. The summed E-state index contributed by atoms with van der Waals surface area (Å²) in [6.07, 6.45) is 0.711. The van der Waals surface area contributed by atoms with E-state index in [9.17, 15) is 13.2 Å². The number of anilines is 1. The molecule has 0 atom stereocenters. The molecule has 0 bridgehead atoms. The Balaban J connectivity index is 1.56. The first-order valence-electron chi connectivity index (χ1n) is 11.6. The summed E-state index contributed by atoms with van der Waals surface area (Å²) < 4.78 is 37.6. The zero-order valence-corrected chi connectivity index (χ0v) is 22.0. The van der Waals surface area contributed by atoms with Crippen molar-refractivity contribution in [3.8, 4) is 5.75 Å². The number of aryl methyl sites for hydroxylation is 2. The summed E-state index contributed by atoms with van der Waals surface area (Å²) in [5.74, 6) is -0.541. The van der Waals surface area contributed by atoms with Crippen molar-refractivity contribution in [2.75, 3.05) is 57.2 Å². The largest absolute Gasteiger partial charge is 0.497 e. The molecule has 0 N–H and O–H groups in total. The van der Waals surface area contributed by atoms with Crippen LogP contribution in [0.15, 0.2) is 41.3 Å². The van der Waals surface area contributed by atoms with Gasteiger partial charge in [0.25, 0.3) is 0 Å². The number of thiazole rings is 1. The number of aromatic nitrogens is 1. The van der Waals surface area contributed by atoms with Crippen molar-refractivity contribution >= 4 is 42.4 Å². The molecule has 0 unspecified atom stereocenters. The third kappa shape index (κ3) is 6.19. The molecule has 10 heteroatoms. The summed E-state index contributed by atoms with van der Waals surface area (Å²) in [4.78, 5) is 22.0. The van der Waals surface area contributed by atoms with Crippen molar-refractivity contribution in [1.82, 2.24) is 9.88 Å². The molecule has 0 spiro atoms. The summed E-state index contributed by atoms with van der Waals surface area (Å²) >= 11 is 1.42. The summed E-state index contributed by atoms with van der Waals surface area (Å²) in [6, 6.07) is 10.2. The topological polar surface area (TPSA) is 89.0 Å². The van der Waals surface area contributed by atoms with E-state index in [0.29, 0.717) is 37.1 Å². The van der Waals surface area contributed by atoms with Crippen LogP contribution in [0.1, 0.15) is 17.5 Å². The number of methoxy groups -OCH3 is 1. The molecule has 0 saturated carbocycles. The minimum Gasteiger partial charge on any atom is -0.497 e. The summed E-state index contributed by atoms with van der Waals surface area (Å²) in [5, 5.41) is 0.530. The van der Waals surface area contributed by atoms with Gasteiger partial charge in [-0.2, -0.15) is 0 Å². The van der Waals surface area contributed by atoms with E-state index in [4.69, 9.17) is 14.5 Å². The van der Waals surface area contributed by atoms with Crippen molar-refractivity contribution < 1.29 is 22.7 Å². The van der Waals surface area contributed by atoms with Crippen LogP contribution in [0.4, 0.5) is 5.13 Å². The number of nitrogens with zero attached hydrogens (tertiary/aromatic N) is 3. The van der Waals surface area contributed by atoms with Crippen molar-refractivity contribution in [3.63, 3.8) is 0 Å². The Morgan fingerprint density at radius 3 is 2.51 bits per heavy atom. The molecule has 0 aliphatic carbocycles. The molecule has 4 rings (SSSR count). The van der Waals surface area contributed by atoms with Crippen LogP contribution in [0, 0.1) is 13.8 Å². The Bertz CT molecular complexity index is 1240. The number of hydrogen-bond donors (Lipinski definition) is 0. The van der Waals surface area contributed by atoms with Crippen LogP contribution < -0.4 is 9.64 Å². The van der Waals surface area contributed by atoms with Crippen LogP contribution in [0.2, 0.25) is 0 Å². The Morgan fingerprint density at radius 2 is 1.83 bits per heavy atom. The fourth-order valence-corrected chi connectivity index (χ4v) is 6.28. The van der Waals surface area contributed by atoms with Gasteiger partial charge in [-0.25, -0.2) is 13.4 Å². The molecule has 1 aromatic heterocycles. The zero-order valence-electron chi connectivity index (χ0n) is 20.3. The number of benzene rings is 2. The van der Waals surface area contributed by atoms with Gasteiger partial charge in [-0.15, -0.1) is 0 Å². The van der Waals surface area contributed by atoms with E-state index >= 15 is 0 Å². The van der Waals surface area contributed by atoms with E-state index in [2.05, 4.69) is 11.0 Å². The number of carbonyl (C=O) groups excluding carboxylic acids is 1. The molecule has 188 valence electrons. The Morgan fingerprint density at radius 1 is 1.14 bits per heavy atom. The van der Waals surface area contributed by atoms with Crippen molar-refractivity contribution in [3.05, 3.63) is 47.5 Å². The predicted octanol–water partition coefficient (Wildman–Crippen LogP) is 3.45. The number of carbonyl (C=O) groups is 1. The molecule has 8 nitrogen and oxygen atoms in total. The SMILES string of the molecule is COc1ccc(S(=O)(=O)CC(=O)N(CCCN2CCOCC2)c2nc3cc(C)c(C)cc3s2)cc1. The second-order valence-electron chi connectivity index (χ2n) is 8.69. The van der Waals surface area contributed by atoms with Gasteiger partial charge in [0, 0.05) is 26.2 Å². The van der Waals surface area contributed by atoms with Crippen LogP contribution in [-0.2, 0) is 19.4 Å². The highest BCUT2D eigenvalue weighted by Gasteiger charge is 2.27. The molecule has 3 aromatic rings. The summed E-state index contributed by atoms with van der Waals surface area (Å²) in [5.41, 5.74) is 3.10. The van der Waals surface area contributed by atoms with Gasteiger partial charge < -0.3 is 9.47 Å². The molecule has 1 aliphatic heterocycles. The maximum absolute atomic E-state index is 13.4. The van der Waals surface area contributed by atoms with Crippen molar-refractivity contribution in [1.29, 1.82) is 0 Å². The lowest BCUT2D eigenvalue weighted by Crippen LogP contribution is -2.40. The lowest BCUT2D eigenvalue weighted by molar-refractivity contribution is -0.116. The number of rotatable bonds is 9. The quantitative estimate of drug-likeness (QED) is 0.430. The van der Waals surface area contributed by atoms with Gasteiger partial charge in [0.05, 0.1) is 35.4 Å². The van der Waals surface area contributed by atoms with Crippen LogP contribution in [0.3, 0.4) is 0 Å². The fourth-order valence-electron chi connectivity index (χ4n) is 3.99. The van der Waals surface area contributed by atoms with E-state index in [-0.39, 0.29) is 4.90 Å². The second kappa shape index (κ2) is 11.0. The number of amides is 1. The molecule has 2 heterocycles. The normalized spacial score (nSPS) is 14.8. The van der Waals surface area contributed by atoms with Gasteiger partial charge in [-0.1, -0.05) is 11.3 Å². The molecule has 1 aliphatic rings. The maximum Gasteiger partial charge on any atom is 0.244 e. The minimum atomic E-state index is -3.82. The third-order valence-corrected chi connectivity index (χ3v) is 8.87. The number of fused-ring (bicyclic) bond motifs is 1. The van der Waals surface area contributed by atoms with Gasteiger partial charge >= 0.3 is 0 Å². The maximum atomic E-state index is 13.4. The molecule has 0 radical (unpaired) electrons. The van der Waals surface area contributed by atoms with E-state index in [1.807, 2.05) is 19.9 Å². The lowest BCUT2D eigenvalue weighted by Gasteiger charge is -2.27. The monoisotopic (exact) mass is 517 g/mol. The van der Waals surface area contributed by atoms with E-state index in [0.717, 1.165) is 41.0 Å². The first kappa shape index (κ1) is 25.6. The van der Waals surface area contributed by atoms with Crippen molar-refractivity contribution in [2.24, 2.45) is 0 Å². The smallest absolute Gasteiger partial charge is 0.244 e. The van der Waals surface area contributed by atoms with Crippen LogP contribution >= 0.6 is 11.3 Å². The predicted molar refractivity (Wildman–Crippen MR) is 138 cm³/mol. The molecule has 35 heavy (non-hydrogen) atoms. The van der Waals surface area contributed by atoms with Crippen LogP contribution in [-0.4, -0.2) is 76.5 Å². The van der Waals surface area contributed by atoms with Crippen molar-refractivity contribution in [2.45, 2.75) is 25.2 Å². The third-order valence-electron chi connectivity index (χ3n) is 6.22. The summed E-state index contributed by atoms with van der Waals surface area (Å²) in [7, 11) is -2.31. The first-order valence-corrected chi connectivity index (χ1v) is 14.1. The van der Waals surface area contributed by atoms with E-state index in [1.54, 1.807) is 12.1 Å². The van der Waals surface area contributed by atoms with Gasteiger partial charge in [-0.05, 0) is 67.8 Å². The molecule has 1 amide bonds. The number of morpholine rings is 1. The molecular weight excluding hydrogens is 486 g/mol. The lowest BCUT2D eigenvalue weighted by atomic mass is 10.1. The number of ether oxygens (including phenoxy) is 2. The van der Waals surface area contributed by atoms with Gasteiger partial charge in [-0.3, -0.25) is 14.6 Å². The molecule has 1 saturated heterocycles. The molecular formula is C25H31N3O5S2. The van der Waals surface area contributed by atoms with Gasteiger partial charge in [0.15, 0.2) is 15.0 Å². The van der Waals surface area contributed by atoms with Crippen LogP contribution in [0.25, 0.3) is 10.2 Å². The average molecular weight is 518 g/mol. The van der Waals surface area contributed by atoms with E-state index in [1.165, 1.54) is 35.5 Å². The Labute approximate surface area is 210 Å². The average Bonchev–Trinajstić information content (AvgIpc) is 3.24. The first-order chi connectivity index (χ1) is 16.8. The number of hydrogen-bond acceptors (Lipinski definition) is 8. The minimum absolute atomic E-state index is 0.0930. The standard InChI is InChI=1S/C25H31N3O5S2/c1-18-15-22-23(16-19(18)2)34-25(26-22)28(10-4-9-27-11-13-33-14-12-27)24(29)17-35(30,31)21-7-5-20(32-3)6-8-21/h5-8,15-16H,4,9-14,17H2,1-3H3.